The van der Waals surface area contributed by atoms with Gasteiger partial charge in [-0.1, -0.05) is 54.0 Å². The SMILES string of the molecule is COC(=O)c1ccc(C#Cc2ccc(C#Cc3ccc4ccccc4c3)cc2)cc1OC. The summed E-state index contributed by atoms with van der Waals surface area (Å²) in [5, 5.41) is 2.39. The second-order valence-electron chi connectivity index (χ2n) is 7.05. The van der Waals surface area contributed by atoms with Crippen LogP contribution in [0.15, 0.2) is 84.9 Å². The van der Waals surface area contributed by atoms with Crippen molar-refractivity contribution in [3.63, 3.8) is 0 Å². The van der Waals surface area contributed by atoms with E-state index in [9.17, 15) is 4.79 Å². The van der Waals surface area contributed by atoms with E-state index in [1.54, 1.807) is 18.2 Å². The first kappa shape index (κ1) is 20.8. The molecule has 0 fully saturated rings. The summed E-state index contributed by atoms with van der Waals surface area (Å²) in [6.45, 7) is 0. The van der Waals surface area contributed by atoms with Crippen LogP contribution >= 0.6 is 0 Å². The molecule has 0 amide bonds. The first-order valence-corrected chi connectivity index (χ1v) is 10.1. The summed E-state index contributed by atoms with van der Waals surface area (Å²) >= 11 is 0. The van der Waals surface area contributed by atoms with Gasteiger partial charge in [0.2, 0.25) is 0 Å². The van der Waals surface area contributed by atoms with E-state index in [-0.39, 0.29) is 0 Å². The van der Waals surface area contributed by atoms with Crippen molar-refractivity contribution in [3.05, 3.63) is 113 Å². The first-order chi connectivity index (χ1) is 15.7. The van der Waals surface area contributed by atoms with Crippen LogP contribution in [0.3, 0.4) is 0 Å². The van der Waals surface area contributed by atoms with E-state index in [1.807, 2.05) is 42.5 Å². The molecule has 0 spiro atoms. The summed E-state index contributed by atoms with van der Waals surface area (Å²) < 4.78 is 10.0. The molecule has 4 rings (SSSR count). The van der Waals surface area contributed by atoms with E-state index in [1.165, 1.54) is 25.0 Å². The second kappa shape index (κ2) is 9.56. The normalized spacial score (nSPS) is 9.81. The number of methoxy groups -OCH3 is 2. The molecule has 0 aliphatic heterocycles. The predicted octanol–water partition coefficient (Wildman–Crippen LogP) is 5.43. The number of esters is 1. The molecular formula is C29H20O3. The molecule has 0 N–H and O–H groups in total. The van der Waals surface area contributed by atoms with Crippen LogP contribution in [0.4, 0.5) is 0 Å². The van der Waals surface area contributed by atoms with E-state index in [0.29, 0.717) is 11.3 Å². The lowest BCUT2D eigenvalue weighted by atomic mass is 10.1. The van der Waals surface area contributed by atoms with Crippen LogP contribution in [0.2, 0.25) is 0 Å². The second-order valence-corrected chi connectivity index (χ2v) is 7.05. The molecule has 4 aromatic carbocycles. The van der Waals surface area contributed by atoms with Crippen molar-refractivity contribution in [1.82, 2.24) is 0 Å². The minimum absolute atomic E-state index is 0.370. The van der Waals surface area contributed by atoms with Gasteiger partial charge >= 0.3 is 5.97 Å². The van der Waals surface area contributed by atoms with Crippen LogP contribution in [0.25, 0.3) is 10.8 Å². The Morgan fingerprint density at radius 2 is 1.16 bits per heavy atom. The fourth-order valence-electron chi connectivity index (χ4n) is 3.24. The number of carbonyl (C=O) groups excluding carboxylic acids is 1. The van der Waals surface area contributed by atoms with Gasteiger partial charge in [-0.2, -0.15) is 0 Å². The highest BCUT2D eigenvalue weighted by molar-refractivity contribution is 5.92. The number of fused-ring (bicyclic) bond motifs is 1. The highest BCUT2D eigenvalue weighted by Crippen LogP contribution is 2.21. The average Bonchev–Trinajstić information content (AvgIpc) is 2.86. The van der Waals surface area contributed by atoms with Crippen LogP contribution in [0, 0.1) is 23.7 Å². The fraction of sp³-hybridized carbons (Fsp3) is 0.0690. The maximum Gasteiger partial charge on any atom is 0.341 e. The van der Waals surface area contributed by atoms with Gasteiger partial charge in [0.25, 0.3) is 0 Å². The Morgan fingerprint density at radius 1 is 0.625 bits per heavy atom. The Labute approximate surface area is 187 Å². The van der Waals surface area contributed by atoms with Gasteiger partial charge in [-0.3, -0.25) is 0 Å². The summed E-state index contributed by atoms with van der Waals surface area (Å²) in [5.74, 6) is 12.6. The zero-order chi connectivity index (χ0) is 22.3. The minimum atomic E-state index is -0.443. The Morgan fingerprint density at radius 3 is 1.78 bits per heavy atom. The zero-order valence-electron chi connectivity index (χ0n) is 17.8. The minimum Gasteiger partial charge on any atom is -0.496 e. The molecule has 0 unspecified atom stereocenters. The van der Waals surface area contributed by atoms with Gasteiger partial charge in [0.15, 0.2) is 0 Å². The molecule has 4 aromatic rings. The topological polar surface area (TPSA) is 35.5 Å². The van der Waals surface area contributed by atoms with Crippen molar-refractivity contribution in [2.24, 2.45) is 0 Å². The fourth-order valence-corrected chi connectivity index (χ4v) is 3.24. The molecule has 0 aromatic heterocycles. The summed E-state index contributed by atoms with van der Waals surface area (Å²) in [4.78, 5) is 11.8. The Kier molecular flexibility index (Phi) is 6.21. The highest BCUT2D eigenvalue weighted by atomic mass is 16.5. The Hall–Kier alpha value is -4.47. The third-order valence-electron chi connectivity index (χ3n) is 4.94. The molecule has 32 heavy (non-hydrogen) atoms. The average molecular weight is 416 g/mol. The highest BCUT2D eigenvalue weighted by Gasteiger charge is 2.12. The van der Waals surface area contributed by atoms with E-state index < -0.39 is 5.97 Å². The number of carbonyl (C=O) groups is 1. The van der Waals surface area contributed by atoms with Crippen LogP contribution in [-0.4, -0.2) is 20.2 Å². The number of hydrogen-bond acceptors (Lipinski definition) is 3. The van der Waals surface area contributed by atoms with Gasteiger partial charge in [0.1, 0.15) is 11.3 Å². The van der Waals surface area contributed by atoms with E-state index in [2.05, 4.69) is 47.9 Å². The monoisotopic (exact) mass is 416 g/mol. The number of benzene rings is 4. The van der Waals surface area contributed by atoms with Crippen LogP contribution in [0.1, 0.15) is 32.6 Å². The Bertz CT molecular complexity index is 1410. The molecule has 0 bridgehead atoms. The molecular weight excluding hydrogens is 396 g/mol. The van der Waals surface area contributed by atoms with Gasteiger partial charge in [0.05, 0.1) is 14.2 Å². The molecule has 0 radical (unpaired) electrons. The standard InChI is InChI=1S/C29H20O3/c1-31-28-20-24(16-18-27(28)29(30)32-2)14-12-22-9-7-21(8-10-22)11-13-23-15-17-25-5-3-4-6-26(25)19-23/h3-10,15-20H,1-2H3. The predicted molar refractivity (Wildman–Crippen MR) is 127 cm³/mol. The van der Waals surface area contributed by atoms with E-state index in [0.717, 1.165) is 22.3 Å². The largest absolute Gasteiger partial charge is 0.496 e. The van der Waals surface area contributed by atoms with Crippen LogP contribution in [0.5, 0.6) is 5.75 Å². The van der Waals surface area contributed by atoms with Crippen molar-refractivity contribution < 1.29 is 14.3 Å². The maximum atomic E-state index is 11.8. The van der Waals surface area contributed by atoms with Crippen molar-refractivity contribution >= 4 is 16.7 Å². The van der Waals surface area contributed by atoms with Crippen LogP contribution in [-0.2, 0) is 4.74 Å². The molecule has 3 heteroatoms. The van der Waals surface area contributed by atoms with Crippen molar-refractivity contribution in [2.45, 2.75) is 0 Å². The summed E-state index contributed by atoms with van der Waals surface area (Å²) in [6, 6.07) is 27.4. The number of hydrogen-bond donors (Lipinski definition) is 0. The first-order valence-electron chi connectivity index (χ1n) is 10.1. The van der Waals surface area contributed by atoms with E-state index >= 15 is 0 Å². The quantitative estimate of drug-likeness (QED) is 0.323. The lowest BCUT2D eigenvalue weighted by Gasteiger charge is -2.06. The molecule has 0 saturated carbocycles. The molecule has 0 aliphatic carbocycles. The summed E-state index contributed by atoms with van der Waals surface area (Å²) in [6.07, 6.45) is 0. The number of rotatable bonds is 2. The van der Waals surface area contributed by atoms with Gasteiger partial charge in [0, 0.05) is 22.3 Å². The lowest BCUT2D eigenvalue weighted by molar-refractivity contribution is 0.0597. The van der Waals surface area contributed by atoms with Gasteiger partial charge in [-0.25, -0.2) is 4.79 Å². The van der Waals surface area contributed by atoms with Gasteiger partial charge < -0.3 is 9.47 Å². The molecule has 0 saturated heterocycles. The third-order valence-corrected chi connectivity index (χ3v) is 4.94. The van der Waals surface area contributed by atoms with E-state index in [4.69, 9.17) is 9.47 Å². The third kappa shape index (κ3) is 4.81. The number of ether oxygens (including phenoxy) is 2. The Balaban J connectivity index is 1.50. The van der Waals surface area contributed by atoms with Gasteiger partial charge in [-0.15, -0.1) is 0 Å². The zero-order valence-corrected chi connectivity index (χ0v) is 17.8. The van der Waals surface area contributed by atoms with Crippen LogP contribution < -0.4 is 4.74 Å². The van der Waals surface area contributed by atoms with Gasteiger partial charge in [-0.05, 0) is 65.4 Å². The molecule has 154 valence electrons. The summed E-state index contributed by atoms with van der Waals surface area (Å²) in [5.41, 5.74) is 3.89. The van der Waals surface area contributed by atoms with Crippen molar-refractivity contribution in [1.29, 1.82) is 0 Å². The van der Waals surface area contributed by atoms with Crippen molar-refractivity contribution in [3.8, 4) is 29.4 Å². The summed E-state index contributed by atoms with van der Waals surface area (Å²) in [7, 11) is 2.85. The molecule has 0 heterocycles. The smallest absolute Gasteiger partial charge is 0.341 e. The molecule has 0 aliphatic rings. The lowest BCUT2D eigenvalue weighted by Crippen LogP contribution is -2.04. The molecule has 0 atom stereocenters. The maximum absolute atomic E-state index is 11.8. The van der Waals surface area contributed by atoms with Crippen molar-refractivity contribution in [2.75, 3.05) is 14.2 Å². The molecule has 3 nitrogen and oxygen atoms in total.